The molecular weight excluding hydrogens is 314 g/mol. The van der Waals surface area contributed by atoms with Crippen molar-refractivity contribution in [3.05, 3.63) is 64.1 Å². The Bertz CT molecular complexity index is 978. The molecule has 2 heterocycles. The van der Waals surface area contributed by atoms with E-state index in [1.165, 1.54) is 23.9 Å². The quantitative estimate of drug-likeness (QED) is 0.673. The van der Waals surface area contributed by atoms with Gasteiger partial charge < -0.3 is 4.42 Å². The zero-order chi connectivity index (χ0) is 17.2. The van der Waals surface area contributed by atoms with E-state index in [0.29, 0.717) is 11.1 Å². The fourth-order valence-electron chi connectivity index (χ4n) is 3.51. The van der Waals surface area contributed by atoms with Crippen molar-refractivity contribution in [3.8, 4) is 0 Å². The molecule has 0 atom stereocenters. The van der Waals surface area contributed by atoms with Gasteiger partial charge in [0.2, 0.25) is 0 Å². The summed E-state index contributed by atoms with van der Waals surface area (Å²) in [6.45, 7) is 1.88. The molecule has 1 aromatic carbocycles. The summed E-state index contributed by atoms with van der Waals surface area (Å²) >= 11 is 0. The second kappa shape index (κ2) is 6.67. The molecule has 3 aromatic rings. The maximum absolute atomic E-state index is 13.0. The van der Waals surface area contributed by atoms with Crippen molar-refractivity contribution >= 4 is 17.1 Å². The highest BCUT2D eigenvalue weighted by Gasteiger charge is 2.22. The van der Waals surface area contributed by atoms with Crippen LogP contribution in [0, 0.1) is 6.92 Å². The van der Waals surface area contributed by atoms with Gasteiger partial charge >= 0.3 is 0 Å². The monoisotopic (exact) mass is 335 g/mol. The first kappa shape index (κ1) is 15.8. The van der Waals surface area contributed by atoms with E-state index >= 15 is 0 Å². The van der Waals surface area contributed by atoms with Crippen molar-refractivity contribution in [2.75, 3.05) is 0 Å². The molecule has 0 spiro atoms. The van der Waals surface area contributed by atoms with Crippen LogP contribution in [0.25, 0.3) is 10.9 Å². The van der Waals surface area contributed by atoms with Crippen LogP contribution in [0.5, 0.6) is 0 Å². The SMILES string of the molecule is Cc1ccc(C=Nn2c(C3CCCCC3)nc3ccccc3c2=O)o1. The Kier molecular flexibility index (Phi) is 4.22. The molecule has 0 N–H and O–H groups in total. The Balaban J connectivity index is 1.85. The van der Waals surface area contributed by atoms with E-state index in [4.69, 9.17) is 9.40 Å². The van der Waals surface area contributed by atoms with Crippen LogP contribution in [-0.4, -0.2) is 15.9 Å². The van der Waals surface area contributed by atoms with Crippen molar-refractivity contribution in [1.29, 1.82) is 0 Å². The Morgan fingerprint density at radius 1 is 1.16 bits per heavy atom. The van der Waals surface area contributed by atoms with E-state index in [9.17, 15) is 4.79 Å². The Morgan fingerprint density at radius 3 is 2.72 bits per heavy atom. The summed E-state index contributed by atoms with van der Waals surface area (Å²) in [6, 6.07) is 11.2. The largest absolute Gasteiger partial charge is 0.460 e. The molecule has 128 valence electrons. The Labute approximate surface area is 146 Å². The van der Waals surface area contributed by atoms with Crippen molar-refractivity contribution in [2.24, 2.45) is 5.10 Å². The first-order chi connectivity index (χ1) is 12.2. The van der Waals surface area contributed by atoms with Crippen molar-refractivity contribution in [2.45, 2.75) is 44.9 Å². The highest BCUT2D eigenvalue weighted by Crippen LogP contribution is 2.31. The number of para-hydroxylation sites is 1. The summed E-state index contributed by atoms with van der Waals surface area (Å²) in [6.07, 6.45) is 7.31. The lowest BCUT2D eigenvalue weighted by Gasteiger charge is -2.22. The molecule has 0 unspecified atom stereocenters. The van der Waals surface area contributed by atoms with Gasteiger partial charge in [0.05, 0.1) is 17.1 Å². The van der Waals surface area contributed by atoms with Gasteiger partial charge in [-0.25, -0.2) is 4.98 Å². The van der Waals surface area contributed by atoms with E-state index in [1.54, 1.807) is 12.3 Å². The maximum atomic E-state index is 13.0. The van der Waals surface area contributed by atoms with Crippen LogP contribution in [0.15, 0.2) is 50.7 Å². The molecule has 1 saturated carbocycles. The third-order valence-corrected chi connectivity index (χ3v) is 4.81. The minimum absolute atomic E-state index is 0.120. The molecule has 1 aliphatic rings. The molecule has 0 bridgehead atoms. The zero-order valence-electron chi connectivity index (χ0n) is 14.3. The lowest BCUT2D eigenvalue weighted by Crippen LogP contribution is -2.25. The van der Waals surface area contributed by atoms with Gasteiger partial charge in [0.1, 0.15) is 17.3 Å². The van der Waals surface area contributed by atoms with Gasteiger partial charge in [-0.1, -0.05) is 31.4 Å². The summed E-state index contributed by atoms with van der Waals surface area (Å²) in [5.41, 5.74) is 0.624. The average Bonchev–Trinajstić information content (AvgIpc) is 3.07. The molecule has 4 rings (SSSR count). The molecule has 5 heteroatoms. The predicted molar refractivity (Wildman–Crippen MR) is 98.3 cm³/mol. The van der Waals surface area contributed by atoms with Crippen LogP contribution >= 0.6 is 0 Å². The molecule has 2 aromatic heterocycles. The summed E-state index contributed by atoms with van der Waals surface area (Å²) in [4.78, 5) is 17.8. The molecule has 1 fully saturated rings. The fraction of sp³-hybridized carbons (Fsp3) is 0.350. The second-order valence-corrected chi connectivity index (χ2v) is 6.63. The first-order valence-electron chi connectivity index (χ1n) is 8.85. The highest BCUT2D eigenvalue weighted by molar-refractivity contribution is 5.78. The van der Waals surface area contributed by atoms with Crippen LogP contribution < -0.4 is 5.56 Å². The van der Waals surface area contributed by atoms with Crippen molar-refractivity contribution < 1.29 is 4.42 Å². The number of hydrogen-bond acceptors (Lipinski definition) is 4. The third-order valence-electron chi connectivity index (χ3n) is 4.81. The Hall–Kier alpha value is -2.69. The van der Waals surface area contributed by atoms with Gasteiger partial charge in [-0.3, -0.25) is 4.79 Å². The first-order valence-corrected chi connectivity index (χ1v) is 8.85. The molecule has 25 heavy (non-hydrogen) atoms. The molecule has 0 saturated heterocycles. The number of aromatic nitrogens is 2. The van der Waals surface area contributed by atoms with Crippen LogP contribution in [0.3, 0.4) is 0 Å². The third kappa shape index (κ3) is 3.14. The number of nitrogens with zero attached hydrogens (tertiary/aromatic N) is 3. The van der Waals surface area contributed by atoms with E-state index in [0.717, 1.165) is 29.9 Å². The number of aryl methyl sites for hydroxylation is 1. The highest BCUT2D eigenvalue weighted by atomic mass is 16.3. The molecule has 5 nitrogen and oxygen atoms in total. The number of furan rings is 1. The normalized spacial score (nSPS) is 16.0. The second-order valence-electron chi connectivity index (χ2n) is 6.63. The van der Waals surface area contributed by atoms with Crippen molar-refractivity contribution in [1.82, 2.24) is 9.66 Å². The number of fused-ring (bicyclic) bond motifs is 1. The van der Waals surface area contributed by atoms with E-state index in [-0.39, 0.29) is 11.5 Å². The van der Waals surface area contributed by atoms with Crippen LogP contribution in [0.2, 0.25) is 0 Å². The molecule has 0 aliphatic heterocycles. The minimum atomic E-state index is -0.120. The van der Waals surface area contributed by atoms with E-state index < -0.39 is 0 Å². The Morgan fingerprint density at radius 2 is 1.96 bits per heavy atom. The molecule has 1 aliphatic carbocycles. The molecule has 0 radical (unpaired) electrons. The number of benzene rings is 1. The number of hydrogen-bond donors (Lipinski definition) is 0. The van der Waals surface area contributed by atoms with Gasteiger partial charge in [-0.15, -0.1) is 0 Å². The summed E-state index contributed by atoms with van der Waals surface area (Å²) in [5.74, 6) is 2.49. The standard InChI is InChI=1S/C20H21N3O2/c1-14-11-12-16(25-14)13-21-23-19(15-7-3-2-4-8-15)22-18-10-6-5-9-17(18)20(23)24/h5-6,9-13,15H,2-4,7-8H2,1H3. The summed E-state index contributed by atoms with van der Waals surface area (Å²) < 4.78 is 7.00. The smallest absolute Gasteiger partial charge is 0.282 e. The summed E-state index contributed by atoms with van der Waals surface area (Å²) in [7, 11) is 0. The minimum Gasteiger partial charge on any atom is -0.460 e. The fourth-order valence-corrected chi connectivity index (χ4v) is 3.51. The van der Waals surface area contributed by atoms with E-state index in [1.807, 2.05) is 37.3 Å². The topological polar surface area (TPSA) is 60.4 Å². The van der Waals surface area contributed by atoms with Crippen LogP contribution in [0.4, 0.5) is 0 Å². The summed E-state index contributed by atoms with van der Waals surface area (Å²) in [5, 5.41) is 5.03. The van der Waals surface area contributed by atoms with Crippen LogP contribution in [0.1, 0.15) is 55.4 Å². The lowest BCUT2D eigenvalue weighted by molar-refractivity contribution is 0.416. The lowest BCUT2D eigenvalue weighted by atomic mass is 9.88. The van der Waals surface area contributed by atoms with Crippen molar-refractivity contribution in [3.63, 3.8) is 0 Å². The zero-order valence-corrected chi connectivity index (χ0v) is 14.3. The van der Waals surface area contributed by atoms with E-state index in [2.05, 4.69) is 5.10 Å². The average molecular weight is 335 g/mol. The molecule has 0 amide bonds. The van der Waals surface area contributed by atoms with Gasteiger partial charge in [-0.05, 0) is 44.0 Å². The van der Waals surface area contributed by atoms with Gasteiger partial charge in [0.15, 0.2) is 0 Å². The maximum Gasteiger partial charge on any atom is 0.282 e. The predicted octanol–water partition coefficient (Wildman–Crippen LogP) is 4.23. The van der Waals surface area contributed by atoms with Gasteiger partial charge in [-0.2, -0.15) is 9.78 Å². The number of rotatable bonds is 3. The van der Waals surface area contributed by atoms with Gasteiger partial charge in [0.25, 0.3) is 5.56 Å². The van der Waals surface area contributed by atoms with Gasteiger partial charge in [0, 0.05) is 5.92 Å². The molecular formula is C20H21N3O2. The van der Waals surface area contributed by atoms with Crippen LogP contribution in [-0.2, 0) is 0 Å².